The number of hydrogen-bond donors (Lipinski definition) is 0. The lowest BCUT2D eigenvalue weighted by Gasteiger charge is -2.22. The quantitative estimate of drug-likeness (QED) is 0.555. The largest absolute Gasteiger partial charge is 0.496 e. The van der Waals surface area contributed by atoms with Crippen LogP contribution in [0.2, 0.25) is 0 Å². The molecule has 0 bridgehead atoms. The molecule has 1 aliphatic rings. The highest BCUT2D eigenvalue weighted by Gasteiger charge is 2.19. The van der Waals surface area contributed by atoms with Crippen LogP contribution >= 0.6 is 0 Å². The summed E-state index contributed by atoms with van der Waals surface area (Å²) in [5.74, 6) is 1.15. The monoisotopic (exact) mass is 382 g/mol. The molecule has 0 aliphatic carbocycles. The van der Waals surface area contributed by atoms with Crippen LogP contribution in [0.1, 0.15) is 34.3 Å². The lowest BCUT2D eigenvalue weighted by molar-refractivity contribution is 0.0600. The summed E-state index contributed by atoms with van der Waals surface area (Å²) in [7, 11) is 4.69. The van der Waals surface area contributed by atoms with Crippen LogP contribution in [0.15, 0.2) is 35.3 Å². The van der Waals surface area contributed by atoms with Crippen molar-refractivity contribution in [2.45, 2.75) is 19.8 Å². The molecule has 28 heavy (non-hydrogen) atoms. The number of carbonyl (C=O) groups is 1. The Morgan fingerprint density at radius 3 is 2.43 bits per heavy atom. The van der Waals surface area contributed by atoms with Crippen molar-refractivity contribution in [3.05, 3.63) is 47.0 Å². The predicted molar refractivity (Wildman–Crippen MR) is 111 cm³/mol. The van der Waals surface area contributed by atoms with Crippen LogP contribution in [0, 0.1) is 6.92 Å². The molecule has 6 heteroatoms. The van der Waals surface area contributed by atoms with E-state index in [-0.39, 0.29) is 5.97 Å². The molecule has 0 radical (unpaired) electrons. The maximum atomic E-state index is 11.9. The zero-order chi connectivity index (χ0) is 20.1. The molecule has 0 N–H and O–H groups in total. The zero-order valence-corrected chi connectivity index (χ0v) is 16.8. The molecule has 0 amide bonds. The van der Waals surface area contributed by atoms with Gasteiger partial charge in [0.1, 0.15) is 11.5 Å². The first-order valence-corrected chi connectivity index (χ1v) is 9.32. The molecule has 2 aromatic rings. The second kappa shape index (κ2) is 8.78. The molecule has 1 fully saturated rings. The predicted octanol–water partition coefficient (Wildman–Crippen LogP) is 4.15. The van der Waals surface area contributed by atoms with E-state index in [0.29, 0.717) is 11.3 Å². The van der Waals surface area contributed by atoms with Gasteiger partial charge in [0.15, 0.2) is 0 Å². The first-order valence-electron chi connectivity index (χ1n) is 9.32. The van der Waals surface area contributed by atoms with Crippen molar-refractivity contribution in [1.82, 2.24) is 0 Å². The number of anilines is 1. The Kier molecular flexibility index (Phi) is 6.19. The van der Waals surface area contributed by atoms with E-state index in [1.807, 2.05) is 25.1 Å². The third-order valence-electron chi connectivity index (χ3n) is 5.03. The number of carbonyl (C=O) groups excluding carboxylic acids is 1. The van der Waals surface area contributed by atoms with Gasteiger partial charge < -0.3 is 19.1 Å². The Morgan fingerprint density at radius 2 is 1.79 bits per heavy atom. The van der Waals surface area contributed by atoms with Crippen molar-refractivity contribution in [2.75, 3.05) is 39.3 Å². The summed E-state index contributed by atoms with van der Waals surface area (Å²) in [6.07, 6.45) is 4.10. The number of ether oxygens (including phenoxy) is 3. The fraction of sp³-hybridized carbons (Fsp3) is 0.364. The Hall–Kier alpha value is -3.02. The molecule has 0 aromatic heterocycles. The summed E-state index contributed by atoms with van der Waals surface area (Å²) in [4.78, 5) is 18.8. The van der Waals surface area contributed by atoms with Gasteiger partial charge in [0, 0.05) is 30.9 Å². The summed E-state index contributed by atoms with van der Waals surface area (Å²) in [5, 5.41) is 0. The number of aliphatic imine (C=N–C) groups is 1. The Labute approximate surface area is 165 Å². The van der Waals surface area contributed by atoms with Crippen molar-refractivity contribution in [3.8, 4) is 11.5 Å². The Morgan fingerprint density at radius 1 is 1.07 bits per heavy atom. The fourth-order valence-electron chi connectivity index (χ4n) is 3.44. The van der Waals surface area contributed by atoms with E-state index < -0.39 is 0 Å². The summed E-state index contributed by atoms with van der Waals surface area (Å²) in [6, 6.07) is 9.33. The van der Waals surface area contributed by atoms with Crippen molar-refractivity contribution in [2.24, 2.45) is 4.99 Å². The summed E-state index contributed by atoms with van der Waals surface area (Å²) in [5.41, 5.74) is 3.83. The van der Waals surface area contributed by atoms with Crippen molar-refractivity contribution < 1.29 is 19.0 Å². The van der Waals surface area contributed by atoms with E-state index in [1.165, 1.54) is 20.0 Å². The number of rotatable bonds is 6. The number of nitrogens with zero attached hydrogens (tertiary/aromatic N) is 2. The Bertz CT molecular complexity index is 886. The minimum atomic E-state index is -0.372. The van der Waals surface area contributed by atoms with Crippen molar-refractivity contribution in [3.63, 3.8) is 0 Å². The first kappa shape index (κ1) is 19.7. The minimum Gasteiger partial charge on any atom is -0.496 e. The van der Waals surface area contributed by atoms with Gasteiger partial charge in [-0.2, -0.15) is 0 Å². The molecule has 0 atom stereocenters. The first-order chi connectivity index (χ1) is 13.6. The van der Waals surface area contributed by atoms with Crippen LogP contribution < -0.4 is 14.4 Å². The average molecular weight is 382 g/mol. The second-order valence-corrected chi connectivity index (χ2v) is 6.66. The molecule has 2 aromatic carbocycles. The maximum Gasteiger partial charge on any atom is 0.338 e. The maximum absolute atomic E-state index is 11.9. The normalized spacial score (nSPS) is 13.8. The molecule has 1 aliphatic heterocycles. The topological polar surface area (TPSA) is 60.4 Å². The van der Waals surface area contributed by atoms with Gasteiger partial charge in [-0.15, -0.1) is 0 Å². The molecular weight excluding hydrogens is 356 g/mol. The molecule has 3 rings (SSSR count). The van der Waals surface area contributed by atoms with Gasteiger partial charge in [-0.3, -0.25) is 4.99 Å². The van der Waals surface area contributed by atoms with Crippen LogP contribution in [0.4, 0.5) is 11.4 Å². The molecule has 6 nitrogen and oxygen atoms in total. The van der Waals surface area contributed by atoms with Crippen molar-refractivity contribution in [1.29, 1.82) is 0 Å². The Balaban J connectivity index is 1.97. The summed E-state index contributed by atoms with van der Waals surface area (Å²) in [6.45, 7) is 3.89. The lowest BCUT2D eigenvalue weighted by atomic mass is 10.1. The zero-order valence-electron chi connectivity index (χ0n) is 16.8. The number of hydrogen-bond acceptors (Lipinski definition) is 6. The molecule has 1 heterocycles. The third-order valence-corrected chi connectivity index (χ3v) is 5.03. The van der Waals surface area contributed by atoms with Gasteiger partial charge in [-0.05, 0) is 43.5 Å². The molecule has 0 saturated carbocycles. The van der Waals surface area contributed by atoms with Crippen LogP contribution in [0.5, 0.6) is 11.5 Å². The third kappa shape index (κ3) is 3.96. The molecule has 0 unspecified atom stereocenters. The number of benzene rings is 2. The van der Waals surface area contributed by atoms with Gasteiger partial charge in [0.25, 0.3) is 0 Å². The van der Waals surface area contributed by atoms with E-state index in [4.69, 9.17) is 14.2 Å². The van der Waals surface area contributed by atoms with Gasteiger partial charge in [-0.1, -0.05) is 6.07 Å². The van der Waals surface area contributed by atoms with Crippen LogP contribution in [-0.2, 0) is 4.74 Å². The molecule has 148 valence electrons. The SMILES string of the molecule is COC(=O)c1cccc(N=Cc2cc(OC)c(N3CCCC3)cc2OC)c1C. The standard InChI is InChI=1S/C22H26N2O4/c1-15-17(22(25)28-4)8-7-9-18(15)23-14-16-12-21(27-3)19(13-20(16)26-2)24-10-5-6-11-24/h7-9,12-14H,5-6,10-11H2,1-4H3. The van der Waals surface area contributed by atoms with E-state index in [9.17, 15) is 4.79 Å². The average Bonchev–Trinajstić information content (AvgIpc) is 3.26. The van der Waals surface area contributed by atoms with E-state index in [1.54, 1.807) is 32.6 Å². The number of esters is 1. The van der Waals surface area contributed by atoms with Crippen LogP contribution in [0.25, 0.3) is 0 Å². The van der Waals surface area contributed by atoms with Gasteiger partial charge >= 0.3 is 5.97 Å². The second-order valence-electron chi connectivity index (χ2n) is 6.66. The van der Waals surface area contributed by atoms with E-state index in [2.05, 4.69) is 9.89 Å². The van der Waals surface area contributed by atoms with Gasteiger partial charge in [0.05, 0.1) is 38.3 Å². The number of methoxy groups -OCH3 is 3. The fourth-order valence-corrected chi connectivity index (χ4v) is 3.44. The highest BCUT2D eigenvalue weighted by Crippen LogP contribution is 2.36. The smallest absolute Gasteiger partial charge is 0.338 e. The highest BCUT2D eigenvalue weighted by molar-refractivity contribution is 5.93. The molecule has 1 saturated heterocycles. The van der Waals surface area contributed by atoms with E-state index >= 15 is 0 Å². The minimum absolute atomic E-state index is 0.372. The molecular formula is C22H26N2O4. The van der Waals surface area contributed by atoms with E-state index in [0.717, 1.165) is 41.4 Å². The summed E-state index contributed by atoms with van der Waals surface area (Å²) < 4.78 is 16.0. The van der Waals surface area contributed by atoms with Crippen LogP contribution in [-0.4, -0.2) is 46.6 Å². The van der Waals surface area contributed by atoms with Crippen LogP contribution in [0.3, 0.4) is 0 Å². The molecule has 0 spiro atoms. The summed E-state index contributed by atoms with van der Waals surface area (Å²) >= 11 is 0. The highest BCUT2D eigenvalue weighted by atomic mass is 16.5. The van der Waals surface area contributed by atoms with Gasteiger partial charge in [-0.25, -0.2) is 4.79 Å². The lowest BCUT2D eigenvalue weighted by Crippen LogP contribution is -2.18. The van der Waals surface area contributed by atoms with Gasteiger partial charge in [0.2, 0.25) is 0 Å². The van der Waals surface area contributed by atoms with Crippen molar-refractivity contribution >= 4 is 23.6 Å².